The predicted octanol–water partition coefficient (Wildman–Crippen LogP) is 2.68. The van der Waals surface area contributed by atoms with Crippen molar-refractivity contribution < 1.29 is 9.59 Å². The van der Waals surface area contributed by atoms with E-state index in [1.807, 2.05) is 0 Å². The monoisotopic (exact) mass is 204 g/mol. The van der Waals surface area contributed by atoms with Crippen LogP contribution in [-0.4, -0.2) is 11.6 Å². The van der Waals surface area contributed by atoms with Crippen LogP contribution in [0.25, 0.3) is 0 Å². The summed E-state index contributed by atoms with van der Waals surface area (Å²) in [6.45, 7) is 0. The lowest BCUT2D eigenvalue weighted by molar-refractivity contribution is -0.136. The second-order valence-electron chi connectivity index (χ2n) is 3.47. The van der Waals surface area contributed by atoms with E-state index in [1.54, 1.807) is 0 Å². The molecule has 0 unspecified atom stereocenters. The molecule has 0 N–H and O–H groups in total. The molecule has 0 heterocycles. The highest BCUT2D eigenvalue weighted by molar-refractivity contribution is 6.37. The first-order chi connectivity index (χ1) is 5.80. The normalized spacial score (nSPS) is 20.6. The second-order valence-corrected chi connectivity index (χ2v) is 3.47. The molecule has 1 fully saturated rings. The summed E-state index contributed by atoms with van der Waals surface area (Å²) in [5, 5.41) is 0. The van der Waals surface area contributed by atoms with Gasteiger partial charge in [-0.2, -0.15) is 0 Å². The van der Waals surface area contributed by atoms with E-state index in [-0.39, 0.29) is 24.0 Å². The van der Waals surface area contributed by atoms with Crippen LogP contribution in [-0.2, 0) is 9.59 Å². The molecule has 0 aliphatic heterocycles. The topological polar surface area (TPSA) is 34.1 Å². The summed E-state index contributed by atoms with van der Waals surface area (Å²) in [7, 11) is 0. The maximum Gasteiger partial charge on any atom is 0.198 e. The number of ketones is 2. The zero-order valence-corrected chi connectivity index (χ0v) is 8.70. The molecule has 0 saturated heterocycles. The molecule has 0 atom stereocenters. The van der Waals surface area contributed by atoms with Gasteiger partial charge in [-0.05, 0) is 12.8 Å². The molecule has 3 heteroatoms. The van der Waals surface area contributed by atoms with E-state index >= 15 is 0 Å². The van der Waals surface area contributed by atoms with Gasteiger partial charge in [0.1, 0.15) is 0 Å². The zero-order chi connectivity index (χ0) is 8.81. The summed E-state index contributed by atoms with van der Waals surface area (Å²) in [6.07, 6.45) is 7.45. The minimum Gasteiger partial charge on any atom is -0.291 e. The van der Waals surface area contributed by atoms with Gasteiger partial charge in [-0.25, -0.2) is 0 Å². The molecule has 1 saturated carbocycles. The SMILES string of the molecule is Cl.O=C1CCCCCCCCC1=O. The Bertz CT molecular complexity index is 158. The Hall–Kier alpha value is -0.370. The number of halogens is 1. The van der Waals surface area contributed by atoms with Crippen molar-refractivity contribution in [2.24, 2.45) is 0 Å². The quantitative estimate of drug-likeness (QED) is 0.569. The van der Waals surface area contributed by atoms with Gasteiger partial charge in [0, 0.05) is 12.8 Å². The van der Waals surface area contributed by atoms with Crippen LogP contribution >= 0.6 is 12.4 Å². The molecule has 0 bridgehead atoms. The maximum atomic E-state index is 11.1. The minimum atomic E-state index is -0.142. The van der Waals surface area contributed by atoms with E-state index in [1.165, 1.54) is 12.8 Å². The van der Waals surface area contributed by atoms with E-state index in [0.717, 1.165) is 25.7 Å². The number of hydrogen-bond acceptors (Lipinski definition) is 2. The van der Waals surface area contributed by atoms with E-state index in [0.29, 0.717) is 12.8 Å². The van der Waals surface area contributed by atoms with Crippen molar-refractivity contribution in [2.45, 2.75) is 51.4 Å². The summed E-state index contributed by atoms with van der Waals surface area (Å²) < 4.78 is 0. The van der Waals surface area contributed by atoms with Crippen molar-refractivity contribution in [1.82, 2.24) is 0 Å². The number of Topliss-reactive ketones (excluding diaryl/α,β-unsaturated/α-hetero) is 2. The Morgan fingerprint density at radius 1 is 0.615 bits per heavy atom. The van der Waals surface area contributed by atoms with Crippen molar-refractivity contribution in [2.75, 3.05) is 0 Å². The van der Waals surface area contributed by atoms with Gasteiger partial charge >= 0.3 is 0 Å². The van der Waals surface area contributed by atoms with Crippen LogP contribution < -0.4 is 0 Å². The van der Waals surface area contributed by atoms with Gasteiger partial charge in [0.25, 0.3) is 0 Å². The lowest BCUT2D eigenvalue weighted by Crippen LogP contribution is -2.13. The van der Waals surface area contributed by atoms with Crippen molar-refractivity contribution in [3.63, 3.8) is 0 Å². The number of carbonyl (C=O) groups is 2. The molecule has 76 valence electrons. The highest BCUT2D eigenvalue weighted by Crippen LogP contribution is 2.12. The van der Waals surface area contributed by atoms with E-state index in [4.69, 9.17) is 0 Å². The second kappa shape index (κ2) is 7.07. The lowest BCUT2D eigenvalue weighted by Gasteiger charge is -2.04. The van der Waals surface area contributed by atoms with Crippen molar-refractivity contribution >= 4 is 24.0 Å². The molecule has 0 spiro atoms. The Labute approximate surface area is 85.5 Å². The van der Waals surface area contributed by atoms with Crippen LogP contribution in [0, 0.1) is 0 Å². The molecule has 1 rings (SSSR count). The summed E-state index contributed by atoms with van der Waals surface area (Å²) in [5.41, 5.74) is 0. The Kier molecular flexibility index (Phi) is 6.87. The van der Waals surface area contributed by atoms with Crippen LogP contribution in [0.1, 0.15) is 51.4 Å². The van der Waals surface area contributed by atoms with Crippen LogP contribution in [0.4, 0.5) is 0 Å². The molecule has 0 aromatic rings. The summed E-state index contributed by atoms with van der Waals surface area (Å²) >= 11 is 0. The smallest absolute Gasteiger partial charge is 0.198 e. The third-order valence-electron chi connectivity index (χ3n) is 2.37. The minimum absolute atomic E-state index is 0. The third kappa shape index (κ3) is 5.04. The van der Waals surface area contributed by atoms with E-state index < -0.39 is 0 Å². The molecule has 13 heavy (non-hydrogen) atoms. The first-order valence-corrected chi connectivity index (χ1v) is 4.87. The average molecular weight is 205 g/mol. The van der Waals surface area contributed by atoms with Crippen molar-refractivity contribution in [1.29, 1.82) is 0 Å². The number of rotatable bonds is 0. The molecule has 0 radical (unpaired) electrons. The first kappa shape index (κ1) is 12.6. The fourth-order valence-corrected chi connectivity index (χ4v) is 1.56. The Morgan fingerprint density at radius 2 is 0.923 bits per heavy atom. The lowest BCUT2D eigenvalue weighted by atomic mass is 9.99. The zero-order valence-electron chi connectivity index (χ0n) is 7.88. The molecular formula is C10H17ClO2. The largest absolute Gasteiger partial charge is 0.291 e. The molecular weight excluding hydrogens is 188 g/mol. The highest BCUT2D eigenvalue weighted by Gasteiger charge is 2.13. The van der Waals surface area contributed by atoms with Crippen LogP contribution in [0.2, 0.25) is 0 Å². The maximum absolute atomic E-state index is 11.1. The summed E-state index contributed by atoms with van der Waals surface area (Å²) in [4.78, 5) is 22.2. The summed E-state index contributed by atoms with van der Waals surface area (Å²) in [6, 6.07) is 0. The molecule has 1 aliphatic carbocycles. The fraction of sp³-hybridized carbons (Fsp3) is 0.800. The highest BCUT2D eigenvalue weighted by atomic mass is 35.5. The predicted molar refractivity (Wildman–Crippen MR) is 54.2 cm³/mol. The van der Waals surface area contributed by atoms with Crippen molar-refractivity contribution in [3.05, 3.63) is 0 Å². The first-order valence-electron chi connectivity index (χ1n) is 4.87. The Morgan fingerprint density at radius 3 is 1.31 bits per heavy atom. The average Bonchev–Trinajstić information content (AvgIpc) is 2.08. The van der Waals surface area contributed by atoms with Crippen LogP contribution in [0.5, 0.6) is 0 Å². The molecule has 1 aliphatic rings. The number of carbonyl (C=O) groups excluding carboxylic acids is 2. The van der Waals surface area contributed by atoms with Gasteiger partial charge in [-0.1, -0.05) is 25.7 Å². The summed E-state index contributed by atoms with van der Waals surface area (Å²) in [5.74, 6) is -0.284. The van der Waals surface area contributed by atoms with Crippen LogP contribution in [0.3, 0.4) is 0 Å². The van der Waals surface area contributed by atoms with Gasteiger partial charge in [-0.3, -0.25) is 9.59 Å². The fourth-order valence-electron chi connectivity index (χ4n) is 1.56. The van der Waals surface area contributed by atoms with E-state index in [2.05, 4.69) is 0 Å². The Balaban J connectivity index is 0.00000144. The number of hydrogen-bond donors (Lipinski definition) is 0. The van der Waals surface area contributed by atoms with Gasteiger partial charge in [-0.15, -0.1) is 12.4 Å². The van der Waals surface area contributed by atoms with Gasteiger partial charge in [0.15, 0.2) is 11.6 Å². The van der Waals surface area contributed by atoms with Gasteiger partial charge in [0.2, 0.25) is 0 Å². The van der Waals surface area contributed by atoms with Crippen molar-refractivity contribution in [3.8, 4) is 0 Å². The third-order valence-corrected chi connectivity index (χ3v) is 2.37. The van der Waals surface area contributed by atoms with E-state index in [9.17, 15) is 9.59 Å². The van der Waals surface area contributed by atoms with Gasteiger partial charge in [0.05, 0.1) is 0 Å². The van der Waals surface area contributed by atoms with Gasteiger partial charge < -0.3 is 0 Å². The molecule has 2 nitrogen and oxygen atoms in total. The molecule has 0 aromatic carbocycles. The molecule has 0 aromatic heterocycles. The molecule has 0 amide bonds. The van der Waals surface area contributed by atoms with Crippen LogP contribution in [0.15, 0.2) is 0 Å². The standard InChI is InChI=1S/C10H16O2.ClH/c11-9-7-5-3-1-2-4-6-8-10(9)12;/h1-8H2;1H.